The maximum atomic E-state index is 13.2. The van der Waals surface area contributed by atoms with Crippen molar-refractivity contribution in [3.63, 3.8) is 0 Å². The second-order valence-electron chi connectivity index (χ2n) is 8.59. The predicted octanol–water partition coefficient (Wildman–Crippen LogP) is 4.00. The van der Waals surface area contributed by atoms with Gasteiger partial charge < -0.3 is 4.57 Å². The highest BCUT2D eigenvalue weighted by molar-refractivity contribution is 6.31. The number of amides is 4. The summed E-state index contributed by atoms with van der Waals surface area (Å²) in [5, 5.41) is 14.3. The number of non-ortho nitro benzene ring substituents is 1. The monoisotopic (exact) mass is 458 g/mol. The molecule has 2 heterocycles. The smallest absolute Gasteiger partial charge is 0.331 e. The fourth-order valence-corrected chi connectivity index (χ4v) is 4.81. The van der Waals surface area contributed by atoms with E-state index in [0.29, 0.717) is 12.1 Å². The Morgan fingerprint density at radius 1 is 1.06 bits per heavy atom. The quantitative estimate of drug-likeness (QED) is 0.269. The minimum Gasteiger partial charge on any atom is -0.342 e. The molecule has 1 saturated carbocycles. The Kier molecular flexibility index (Phi) is 5.45. The first-order chi connectivity index (χ1) is 16.4. The molecule has 1 saturated heterocycles. The summed E-state index contributed by atoms with van der Waals surface area (Å²) in [5.74, 6) is -1.28. The Labute approximate surface area is 194 Å². The van der Waals surface area contributed by atoms with Gasteiger partial charge in [0, 0.05) is 47.4 Å². The van der Waals surface area contributed by atoms with Crippen LogP contribution in [-0.4, -0.2) is 38.3 Å². The van der Waals surface area contributed by atoms with Gasteiger partial charge >= 0.3 is 6.03 Å². The van der Waals surface area contributed by atoms with Crippen molar-refractivity contribution in [1.29, 1.82) is 0 Å². The lowest BCUT2D eigenvalue weighted by atomic mass is 10.0. The molecule has 2 fully saturated rings. The molecule has 0 bridgehead atoms. The molecule has 9 heteroatoms. The van der Waals surface area contributed by atoms with E-state index in [0.717, 1.165) is 42.1 Å². The number of carbonyl (C=O) groups excluding carboxylic acids is 3. The van der Waals surface area contributed by atoms with Crippen molar-refractivity contribution < 1.29 is 19.3 Å². The van der Waals surface area contributed by atoms with Crippen molar-refractivity contribution in [3.8, 4) is 0 Å². The molecule has 2 aliphatic rings. The maximum Gasteiger partial charge on any atom is 0.331 e. The highest BCUT2D eigenvalue weighted by atomic mass is 16.6. The van der Waals surface area contributed by atoms with Crippen molar-refractivity contribution in [3.05, 3.63) is 81.5 Å². The number of barbiturate groups is 1. The van der Waals surface area contributed by atoms with Crippen molar-refractivity contribution in [2.45, 2.75) is 38.3 Å². The van der Waals surface area contributed by atoms with Crippen LogP contribution in [-0.2, 0) is 16.1 Å². The first-order valence-electron chi connectivity index (χ1n) is 11.1. The number of nitrogens with zero attached hydrogens (tertiary/aromatic N) is 3. The van der Waals surface area contributed by atoms with Gasteiger partial charge in [-0.1, -0.05) is 43.2 Å². The molecular formula is C25H22N4O5. The summed E-state index contributed by atoms with van der Waals surface area (Å²) >= 11 is 0. The van der Waals surface area contributed by atoms with Gasteiger partial charge in [-0.25, -0.2) is 4.79 Å². The summed E-state index contributed by atoms with van der Waals surface area (Å²) in [7, 11) is 0. The van der Waals surface area contributed by atoms with Crippen LogP contribution in [0.1, 0.15) is 36.8 Å². The van der Waals surface area contributed by atoms with E-state index in [-0.39, 0.29) is 17.3 Å². The molecule has 5 rings (SSSR count). The Hall–Kier alpha value is -4.27. The predicted molar refractivity (Wildman–Crippen MR) is 125 cm³/mol. The number of urea groups is 1. The molecule has 9 nitrogen and oxygen atoms in total. The molecule has 4 amide bonds. The number of hydrogen-bond donors (Lipinski definition) is 1. The molecular weight excluding hydrogens is 436 g/mol. The summed E-state index contributed by atoms with van der Waals surface area (Å²) in [6, 6.07) is 13.1. The second-order valence-corrected chi connectivity index (χ2v) is 8.59. The van der Waals surface area contributed by atoms with Crippen LogP contribution in [0.2, 0.25) is 0 Å². The lowest BCUT2D eigenvalue weighted by Gasteiger charge is -2.31. The van der Waals surface area contributed by atoms with Crippen LogP contribution in [0.25, 0.3) is 17.0 Å². The van der Waals surface area contributed by atoms with Gasteiger partial charge in [-0.05, 0) is 30.5 Å². The fourth-order valence-electron chi connectivity index (χ4n) is 4.81. The third kappa shape index (κ3) is 3.85. The zero-order valence-electron chi connectivity index (χ0n) is 18.3. The SMILES string of the molecule is O=C1NC(=O)N(C2CCCC2)C(=O)/C1=C/c1cn(Cc2cccc([N+](=O)[O-])c2)c2ccccc12. The summed E-state index contributed by atoms with van der Waals surface area (Å²) in [6.45, 7) is 0.373. The Morgan fingerprint density at radius 3 is 2.59 bits per heavy atom. The molecule has 0 spiro atoms. The number of fused-ring (bicyclic) bond motifs is 1. The summed E-state index contributed by atoms with van der Waals surface area (Å²) in [5.41, 5.74) is 2.19. The van der Waals surface area contributed by atoms with Gasteiger partial charge in [-0.2, -0.15) is 0 Å². The molecule has 2 aromatic carbocycles. The van der Waals surface area contributed by atoms with E-state index in [1.165, 1.54) is 23.1 Å². The number of nitro benzene ring substituents is 1. The minimum absolute atomic E-state index is 0.0115. The van der Waals surface area contributed by atoms with Gasteiger partial charge in [0.2, 0.25) is 0 Å². The fraction of sp³-hybridized carbons (Fsp3) is 0.240. The van der Waals surface area contributed by atoms with Crippen molar-refractivity contribution in [1.82, 2.24) is 14.8 Å². The normalized spacial score (nSPS) is 18.2. The zero-order valence-corrected chi connectivity index (χ0v) is 18.3. The number of benzene rings is 2. The molecule has 0 atom stereocenters. The van der Waals surface area contributed by atoms with Crippen molar-refractivity contribution in [2.75, 3.05) is 0 Å². The topological polar surface area (TPSA) is 115 Å². The van der Waals surface area contributed by atoms with Crippen molar-refractivity contribution in [2.24, 2.45) is 0 Å². The van der Waals surface area contributed by atoms with Crippen LogP contribution in [0.4, 0.5) is 10.5 Å². The van der Waals surface area contributed by atoms with Crippen LogP contribution in [0.5, 0.6) is 0 Å². The molecule has 0 radical (unpaired) electrons. The van der Waals surface area contributed by atoms with E-state index in [4.69, 9.17) is 0 Å². The number of nitro groups is 1. The highest BCUT2D eigenvalue weighted by Gasteiger charge is 2.40. The molecule has 1 aliphatic carbocycles. The number of para-hydroxylation sites is 1. The molecule has 34 heavy (non-hydrogen) atoms. The van der Waals surface area contributed by atoms with Gasteiger partial charge in [0.15, 0.2) is 0 Å². The molecule has 0 unspecified atom stereocenters. The third-order valence-corrected chi connectivity index (χ3v) is 6.42. The molecule has 3 aromatic rings. The molecule has 1 N–H and O–H groups in total. The van der Waals surface area contributed by atoms with Crippen LogP contribution in [0.15, 0.2) is 60.3 Å². The number of nitrogens with one attached hydrogen (secondary N) is 1. The first kappa shape index (κ1) is 21.6. The van der Waals surface area contributed by atoms with Gasteiger partial charge in [-0.15, -0.1) is 0 Å². The number of aromatic nitrogens is 1. The number of carbonyl (C=O) groups is 3. The lowest BCUT2D eigenvalue weighted by molar-refractivity contribution is -0.384. The van der Waals surface area contributed by atoms with Crippen LogP contribution in [0, 0.1) is 10.1 Å². The Morgan fingerprint density at radius 2 is 1.82 bits per heavy atom. The molecule has 1 aliphatic heterocycles. The van der Waals surface area contributed by atoms with Gasteiger partial charge in [-0.3, -0.25) is 29.9 Å². The van der Waals surface area contributed by atoms with Gasteiger partial charge in [0.05, 0.1) is 4.92 Å². The Balaban J connectivity index is 1.53. The van der Waals surface area contributed by atoms with Gasteiger partial charge in [0.25, 0.3) is 17.5 Å². The second kappa shape index (κ2) is 8.58. The molecule has 172 valence electrons. The summed E-state index contributed by atoms with van der Waals surface area (Å²) in [6.07, 6.45) is 6.71. The minimum atomic E-state index is -0.709. The average molecular weight is 458 g/mol. The maximum absolute atomic E-state index is 13.2. The number of hydrogen-bond acceptors (Lipinski definition) is 5. The largest absolute Gasteiger partial charge is 0.342 e. The summed E-state index contributed by atoms with van der Waals surface area (Å²) < 4.78 is 1.92. The standard InChI is InChI=1S/C25H22N4O5/c30-23-21(24(31)28(25(32)26-23)18-7-1-2-8-18)13-17-15-27(22-11-4-3-10-20(17)22)14-16-6-5-9-19(12-16)29(33)34/h3-6,9-13,15,18H,1-2,7-8,14H2,(H,26,30,32)/b21-13+. The van der Waals surface area contributed by atoms with E-state index >= 15 is 0 Å². The summed E-state index contributed by atoms with van der Waals surface area (Å²) in [4.78, 5) is 50.1. The van der Waals surface area contributed by atoms with Crippen LogP contribution < -0.4 is 5.32 Å². The van der Waals surface area contributed by atoms with E-state index < -0.39 is 22.8 Å². The van der Waals surface area contributed by atoms with Crippen molar-refractivity contribution >= 4 is 40.5 Å². The third-order valence-electron chi connectivity index (χ3n) is 6.42. The lowest BCUT2D eigenvalue weighted by Crippen LogP contribution is -2.57. The van der Waals surface area contributed by atoms with Crippen LogP contribution >= 0.6 is 0 Å². The Bertz CT molecular complexity index is 1370. The van der Waals surface area contributed by atoms with Gasteiger partial charge in [0.1, 0.15) is 5.57 Å². The van der Waals surface area contributed by atoms with E-state index in [9.17, 15) is 24.5 Å². The highest BCUT2D eigenvalue weighted by Crippen LogP contribution is 2.29. The number of imide groups is 2. The van der Waals surface area contributed by atoms with Crippen LogP contribution in [0.3, 0.4) is 0 Å². The van der Waals surface area contributed by atoms with E-state index in [1.54, 1.807) is 6.07 Å². The number of rotatable bonds is 5. The average Bonchev–Trinajstić information content (AvgIpc) is 3.46. The first-order valence-corrected chi connectivity index (χ1v) is 11.1. The molecule has 1 aromatic heterocycles. The van der Waals surface area contributed by atoms with E-state index in [2.05, 4.69) is 5.32 Å². The zero-order chi connectivity index (χ0) is 23.8. The van der Waals surface area contributed by atoms with E-state index in [1.807, 2.05) is 41.1 Å².